The summed E-state index contributed by atoms with van der Waals surface area (Å²) in [5, 5.41) is 9.24. The van der Waals surface area contributed by atoms with Crippen LogP contribution in [0, 0.1) is 5.41 Å². The van der Waals surface area contributed by atoms with Gasteiger partial charge in [0.15, 0.2) is 0 Å². The van der Waals surface area contributed by atoms with E-state index in [2.05, 4.69) is 4.99 Å². The number of aliphatic imine (C=N–C) groups is 1. The number of carboxylic acid groups (broad SMARTS) is 1. The lowest BCUT2D eigenvalue weighted by Crippen LogP contribution is -2.32. The molecule has 5 nitrogen and oxygen atoms in total. The Labute approximate surface area is 101 Å². The Morgan fingerprint density at radius 1 is 1.53 bits per heavy atom. The van der Waals surface area contributed by atoms with Gasteiger partial charge in [-0.15, -0.1) is 0 Å². The van der Waals surface area contributed by atoms with E-state index in [1.807, 2.05) is 26.8 Å². The molecule has 17 heavy (non-hydrogen) atoms. The largest absolute Gasteiger partial charge is 0.477 e. The summed E-state index contributed by atoms with van der Waals surface area (Å²) >= 11 is 0. The Bertz CT molecular complexity index is 591. The van der Waals surface area contributed by atoms with E-state index in [0.29, 0.717) is 5.11 Å². The fourth-order valence-electron chi connectivity index (χ4n) is 1.59. The third-order valence-electron chi connectivity index (χ3n) is 2.58. The van der Waals surface area contributed by atoms with Crippen molar-refractivity contribution in [2.45, 2.75) is 20.8 Å². The predicted octanol–water partition coefficient (Wildman–Crippen LogP) is 0.409. The van der Waals surface area contributed by atoms with Crippen molar-refractivity contribution in [3.8, 4) is 0 Å². The summed E-state index contributed by atoms with van der Waals surface area (Å²) in [5.74, 6) is -1.12. The minimum atomic E-state index is -1.64. The molecule has 0 bridgehead atoms. The van der Waals surface area contributed by atoms with Gasteiger partial charge in [-0.2, -0.15) is 0 Å². The molecule has 0 unspecified atom stereocenters. The Kier molecular flexibility index (Phi) is 2.61. The van der Waals surface area contributed by atoms with E-state index >= 15 is 0 Å². The van der Waals surface area contributed by atoms with Gasteiger partial charge in [0.1, 0.15) is 4.86 Å². The van der Waals surface area contributed by atoms with Crippen LogP contribution in [-0.2, 0) is 14.8 Å². The van der Waals surface area contributed by atoms with E-state index in [4.69, 9.17) is 5.11 Å². The first kappa shape index (κ1) is 11.9. The second kappa shape index (κ2) is 3.73. The van der Waals surface area contributed by atoms with Gasteiger partial charge in [-0.05, 0) is 6.08 Å². The zero-order valence-corrected chi connectivity index (χ0v) is 10.7. The summed E-state index contributed by atoms with van der Waals surface area (Å²) in [4.78, 5) is 16.8. The molecule has 0 radical (unpaired) electrons. The molecule has 1 N–H and O–H groups in total. The first-order valence-corrected chi connectivity index (χ1v) is 6.37. The van der Waals surface area contributed by atoms with Gasteiger partial charge in [0.25, 0.3) is 0 Å². The Morgan fingerprint density at radius 3 is 2.71 bits per heavy atom. The molecule has 0 aliphatic carbocycles. The van der Waals surface area contributed by atoms with Crippen LogP contribution in [0.3, 0.4) is 0 Å². The summed E-state index contributed by atoms with van der Waals surface area (Å²) < 4.78 is 11.9. The number of aliphatic carboxylic acids is 1. The molecule has 2 aliphatic rings. The van der Waals surface area contributed by atoms with E-state index in [1.54, 1.807) is 11.1 Å². The number of fused-ring (bicyclic) bond motifs is 1. The molecule has 2 aliphatic heterocycles. The Hall–Kier alpha value is -1.56. The minimum absolute atomic E-state index is 0.0106. The molecule has 2 heterocycles. The zero-order valence-electron chi connectivity index (χ0n) is 9.93. The second-order valence-corrected chi connectivity index (χ2v) is 6.37. The first-order valence-electron chi connectivity index (χ1n) is 5.22. The third-order valence-corrected chi connectivity index (χ3v) is 3.99. The molecule has 2 rings (SSSR count). The molecule has 0 amide bonds. The number of allylic oxidation sites excluding steroid dienone is 1. The molecule has 0 saturated carbocycles. The second-order valence-electron chi connectivity index (χ2n) is 4.97. The summed E-state index contributed by atoms with van der Waals surface area (Å²) in [7, 11) is -1.64. The van der Waals surface area contributed by atoms with Crippen LogP contribution >= 0.6 is 0 Å². The number of rotatable bonds is 1. The molecule has 0 aromatic carbocycles. The molecular weight excluding hydrogens is 240 g/mol. The Balaban J connectivity index is 2.56. The topological polar surface area (TPSA) is 70.0 Å². The van der Waals surface area contributed by atoms with Gasteiger partial charge in [-0.3, -0.25) is 0 Å². The monoisotopic (exact) mass is 254 g/mol. The SMILES string of the molecule is CC(C)(C)C1=NC2=S(=O)=C(C(=O)O)CN2C=C1. The van der Waals surface area contributed by atoms with Crippen molar-refractivity contribution in [1.29, 1.82) is 0 Å². The molecule has 0 spiro atoms. The van der Waals surface area contributed by atoms with Gasteiger partial charge in [0.2, 0.25) is 5.11 Å². The molecule has 0 saturated heterocycles. The summed E-state index contributed by atoms with van der Waals surface area (Å²) in [5.41, 5.74) is 0.662. The molecular formula is C11H14N2O3S. The number of carbonyl (C=O) groups is 1. The lowest BCUT2D eigenvalue weighted by atomic mass is 9.89. The van der Waals surface area contributed by atoms with Gasteiger partial charge >= 0.3 is 5.97 Å². The van der Waals surface area contributed by atoms with E-state index in [-0.39, 0.29) is 16.8 Å². The van der Waals surface area contributed by atoms with Crippen molar-refractivity contribution in [1.82, 2.24) is 4.90 Å². The Morgan fingerprint density at radius 2 is 2.18 bits per heavy atom. The van der Waals surface area contributed by atoms with Crippen LogP contribution in [0.2, 0.25) is 0 Å². The van der Waals surface area contributed by atoms with Gasteiger partial charge in [0.05, 0.1) is 22.2 Å². The lowest BCUT2D eigenvalue weighted by Gasteiger charge is -2.24. The van der Waals surface area contributed by atoms with Crippen LogP contribution in [0.25, 0.3) is 0 Å². The first-order chi connectivity index (χ1) is 7.80. The quantitative estimate of drug-likeness (QED) is 0.688. The van der Waals surface area contributed by atoms with Gasteiger partial charge in [0, 0.05) is 11.6 Å². The third kappa shape index (κ3) is 2.00. The van der Waals surface area contributed by atoms with Crippen LogP contribution in [0.15, 0.2) is 17.3 Å². The molecule has 0 fully saturated rings. The smallest absolute Gasteiger partial charge is 0.346 e. The highest BCUT2D eigenvalue weighted by Crippen LogP contribution is 2.21. The highest BCUT2D eigenvalue weighted by molar-refractivity contribution is 7.86. The highest BCUT2D eigenvalue weighted by atomic mass is 32.1. The summed E-state index contributed by atoms with van der Waals surface area (Å²) in [6, 6.07) is 0. The van der Waals surface area contributed by atoms with Gasteiger partial charge in [-0.25, -0.2) is 14.0 Å². The van der Waals surface area contributed by atoms with E-state index < -0.39 is 15.9 Å². The fraction of sp³-hybridized carbons (Fsp3) is 0.455. The lowest BCUT2D eigenvalue weighted by molar-refractivity contribution is -0.129. The van der Waals surface area contributed by atoms with Crippen LogP contribution in [-0.4, -0.2) is 42.4 Å². The number of carboxylic acids is 1. The molecule has 0 atom stereocenters. The normalized spacial score (nSPS) is 19.6. The maximum Gasteiger partial charge on any atom is 0.346 e. The standard InChI is InChI=1S/C11H14N2O3S/c1-11(2,3)8-4-5-13-6-7(9(14)15)17(16)10(13)12-8/h4-5H,6H2,1-3H3,(H,14,15). The fourth-order valence-corrected chi connectivity index (χ4v) is 2.74. The van der Waals surface area contributed by atoms with Crippen molar-refractivity contribution >= 4 is 31.6 Å². The van der Waals surface area contributed by atoms with E-state index in [0.717, 1.165) is 5.71 Å². The minimum Gasteiger partial charge on any atom is -0.477 e. The average molecular weight is 254 g/mol. The summed E-state index contributed by atoms with van der Waals surface area (Å²) in [6.45, 7) is 6.17. The summed E-state index contributed by atoms with van der Waals surface area (Å²) in [6.07, 6.45) is 3.59. The maximum absolute atomic E-state index is 11.9. The van der Waals surface area contributed by atoms with Crippen LogP contribution < -0.4 is 0 Å². The molecule has 6 heteroatoms. The van der Waals surface area contributed by atoms with Crippen molar-refractivity contribution in [2.24, 2.45) is 10.4 Å². The van der Waals surface area contributed by atoms with Crippen molar-refractivity contribution in [3.05, 3.63) is 12.3 Å². The molecule has 0 aromatic rings. The van der Waals surface area contributed by atoms with Crippen molar-refractivity contribution < 1.29 is 14.1 Å². The predicted molar refractivity (Wildman–Crippen MR) is 68.5 cm³/mol. The number of hydrogen-bond acceptors (Lipinski definition) is 4. The number of hydrogen-bond donors (Lipinski definition) is 1. The van der Waals surface area contributed by atoms with E-state index in [1.165, 1.54) is 0 Å². The van der Waals surface area contributed by atoms with Gasteiger partial charge < -0.3 is 10.0 Å². The zero-order chi connectivity index (χ0) is 12.8. The van der Waals surface area contributed by atoms with Crippen LogP contribution in [0.1, 0.15) is 20.8 Å². The average Bonchev–Trinajstić information content (AvgIpc) is 2.54. The van der Waals surface area contributed by atoms with Crippen molar-refractivity contribution in [3.63, 3.8) is 0 Å². The van der Waals surface area contributed by atoms with Gasteiger partial charge in [-0.1, -0.05) is 20.8 Å². The maximum atomic E-state index is 11.9. The molecule has 92 valence electrons. The molecule has 0 aromatic heterocycles. The van der Waals surface area contributed by atoms with E-state index in [9.17, 15) is 9.00 Å². The highest BCUT2D eigenvalue weighted by Gasteiger charge is 2.29. The van der Waals surface area contributed by atoms with Crippen molar-refractivity contribution in [2.75, 3.05) is 6.54 Å². The van der Waals surface area contributed by atoms with Crippen LogP contribution in [0.4, 0.5) is 0 Å². The van der Waals surface area contributed by atoms with Crippen LogP contribution in [0.5, 0.6) is 0 Å². The number of nitrogens with zero attached hydrogens (tertiary/aromatic N) is 2.